The number of aromatic amines is 1. The number of ether oxygens (including phenoxy) is 2. The first-order valence-corrected chi connectivity index (χ1v) is 11.8. The normalized spacial score (nSPS) is 14.8. The van der Waals surface area contributed by atoms with Crippen LogP contribution in [0, 0.1) is 20.8 Å². The monoisotopic (exact) mass is 483 g/mol. The van der Waals surface area contributed by atoms with Crippen molar-refractivity contribution in [2.45, 2.75) is 33.4 Å². The number of amides is 1. The van der Waals surface area contributed by atoms with Crippen molar-refractivity contribution in [1.29, 1.82) is 0 Å². The summed E-state index contributed by atoms with van der Waals surface area (Å²) in [4.78, 5) is 15.6. The molecule has 0 bridgehead atoms. The zero-order chi connectivity index (χ0) is 25.6. The van der Waals surface area contributed by atoms with Crippen molar-refractivity contribution in [3.63, 3.8) is 0 Å². The van der Waals surface area contributed by atoms with Crippen LogP contribution < -0.4 is 9.47 Å². The molecule has 5 rings (SSSR count). The van der Waals surface area contributed by atoms with E-state index in [-0.39, 0.29) is 11.7 Å². The van der Waals surface area contributed by atoms with Crippen molar-refractivity contribution in [1.82, 2.24) is 15.1 Å². The third-order valence-corrected chi connectivity index (χ3v) is 6.76. The number of aromatic nitrogens is 2. The maximum atomic E-state index is 13.7. The number of aryl methyl sites for hydroxylation is 3. The van der Waals surface area contributed by atoms with E-state index in [1.54, 1.807) is 20.3 Å². The number of aromatic hydroxyl groups is 1. The Balaban J connectivity index is 1.70. The van der Waals surface area contributed by atoms with Crippen molar-refractivity contribution >= 4 is 5.91 Å². The molecule has 7 nitrogen and oxygen atoms in total. The van der Waals surface area contributed by atoms with E-state index in [1.165, 1.54) is 0 Å². The SMILES string of the molecule is COc1ccc(C2c3c(-c4c(C)cc(C)cc4O)n[nH]c3C(=O)N2Cc2ccc(C)cc2)cc1OC. The molecule has 7 heteroatoms. The number of methoxy groups -OCH3 is 2. The Morgan fingerprint density at radius 3 is 2.33 bits per heavy atom. The molecule has 1 aliphatic heterocycles. The van der Waals surface area contributed by atoms with Gasteiger partial charge in [0.1, 0.15) is 17.1 Å². The minimum atomic E-state index is -0.442. The quantitative estimate of drug-likeness (QED) is 0.380. The lowest BCUT2D eigenvalue weighted by molar-refractivity contribution is 0.0730. The molecule has 3 aromatic carbocycles. The summed E-state index contributed by atoms with van der Waals surface area (Å²) < 4.78 is 11.0. The average Bonchev–Trinajstić information content (AvgIpc) is 3.38. The second kappa shape index (κ2) is 9.07. The zero-order valence-corrected chi connectivity index (χ0v) is 21.0. The molecule has 36 heavy (non-hydrogen) atoms. The van der Waals surface area contributed by atoms with Crippen LogP contribution >= 0.6 is 0 Å². The molecule has 0 spiro atoms. The molecule has 0 radical (unpaired) electrons. The van der Waals surface area contributed by atoms with Crippen LogP contribution in [0.15, 0.2) is 54.6 Å². The predicted molar refractivity (Wildman–Crippen MR) is 138 cm³/mol. The van der Waals surface area contributed by atoms with Crippen LogP contribution in [0.1, 0.15) is 49.9 Å². The topological polar surface area (TPSA) is 87.7 Å². The van der Waals surface area contributed by atoms with E-state index in [0.717, 1.165) is 33.4 Å². The Kier molecular flexibility index (Phi) is 5.92. The number of phenols is 1. The summed E-state index contributed by atoms with van der Waals surface area (Å²) in [5.41, 5.74) is 7.23. The molecule has 1 unspecified atom stereocenters. The predicted octanol–water partition coefficient (Wildman–Crippen LogP) is 5.47. The molecule has 4 aromatic rings. The van der Waals surface area contributed by atoms with E-state index in [2.05, 4.69) is 10.2 Å². The van der Waals surface area contributed by atoms with Crippen LogP contribution in [0.5, 0.6) is 17.2 Å². The van der Waals surface area contributed by atoms with E-state index in [0.29, 0.717) is 35.0 Å². The van der Waals surface area contributed by atoms with Gasteiger partial charge in [-0.25, -0.2) is 0 Å². The first-order chi connectivity index (χ1) is 17.3. The van der Waals surface area contributed by atoms with Crippen molar-refractivity contribution < 1.29 is 19.4 Å². The molecular formula is C29H29N3O4. The van der Waals surface area contributed by atoms with Gasteiger partial charge in [-0.05, 0) is 61.2 Å². The van der Waals surface area contributed by atoms with Crippen LogP contribution in [0.4, 0.5) is 0 Å². The first-order valence-electron chi connectivity index (χ1n) is 11.8. The molecule has 1 aromatic heterocycles. The number of carbonyl (C=O) groups is 1. The summed E-state index contributed by atoms with van der Waals surface area (Å²) in [6.45, 7) is 6.33. The lowest BCUT2D eigenvalue weighted by atomic mass is 9.93. The number of benzene rings is 3. The van der Waals surface area contributed by atoms with Crippen LogP contribution in [0.2, 0.25) is 0 Å². The molecule has 0 fully saturated rings. The lowest BCUT2D eigenvalue weighted by Crippen LogP contribution is -2.29. The number of fused-ring (bicyclic) bond motifs is 1. The summed E-state index contributed by atoms with van der Waals surface area (Å²) in [7, 11) is 3.18. The molecule has 184 valence electrons. The van der Waals surface area contributed by atoms with Gasteiger partial charge in [0, 0.05) is 17.7 Å². The van der Waals surface area contributed by atoms with Gasteiger partial charge in [0.15, 0.2) is 11.5 Å². The molecule has 1 aliphatic rings. The smallest absolute Gasteiger partial charge is 0.273 e. The van der Waals surface area contributed by atoms with Crippen LogP contribution in [-0.4, -0.2) is 40.3 Å². The third kappa shape index (κ3) is 3.86. The Morgan fingerprint density at radius 1 is 0.944 bits per heavy atom. The summed E-state index contributed by atoms with van der Waals surface area (Å²) >= 11 is 0. The maximum absolute atomic E-state index is 13.7. The lowest BCUT2D eigenvalue weighted by Gasteiger charge is -2.27. The summed E-state index contributed by atoms with van der Waals surface area (Å²) in [5.74, 6) is 1.17. The highest BCUT2D eigenvalue weighted by Gasteiger charge is 2.43. The fourth-order valence-electron chi connectivity index (χ4n) is 5.06. The van der Waals surface area contributed by atoms with E-state index < -0.39 is 6.04 Å². The molecular weight excluding hydrogens is 454 g/mol. The molecule has 1 amide bonds. The molecule has 0 saturated carbocycles. The van der Waals surface area contributed by atoms with Gasteiger partial charge in [-0.1, -0.05) is 42.0 Å². The summed E-state index contributed by atoms with van der Waals surface area (Å²) in [5, 5.41) is 18.4. The van der Waals surface area contributed by atoms with Gasteiger partial charge >= 0.3 is 0 Å². The number of H-pyrrole nitrogens is 1. The van der Waals surface area contributed by atoms with Crippen LogP contribution in [0.3, 0.4) is 0 Å². The number of hydrogen-bond acceptors (Lipinski definition) is 5. The number of phenolic OH excluding ortho intramolecular Hbond substituents is 1. The second-order valence-corrected chi connectivity index (χ2v) is 9.27. The Hall–Kier alpha value is -4.26. The number of carbonyl (C=O) groups excluding carboxylic acids is 1. The fourth-order valence-corrected chi connectivity index (χ4v) is 5.06. The molecule has 2 heterocycles. The Labute approximate surface area is 210 Å². The van der Waals surface area contributed by atoms with E-state index in [9.17, 15) is 9.90 Å². The van der Waals surface area contributed by atoms with E-state index in [1.807, 2.05) is 74.2 Å². The highest BCUT2D eigenvalue weighted by atomic mass is 16.5. The van der Waals surface area contributed by atoms with Crippen molar-refractivity contribution in [2.24, 2.45) is 0 Å². The van der Waals surface area contributed by atoms with Crippen LogP contribution in [0.25, 0.3) is 11.3 Å². The minimum absolute atomic E-state index is 0.136. The summed E-state index contributed by atoms with van der Waals surface area (Å²) in [6, 6.07) is 17.1. The van der Waals surface area contributed by atoms with Crippen molar-refractivity contribution in [2.75, 3.05) is 14.2 Å². The first kappa shape index (κ1) is 23.5. The largest absolute Gasteiger partial charge is 0.507 e. The zero-order valence-electron chi connectivity index (χ0n) is 21.0. The van der Waals surface area contributed by atoms with Gasteiger partial charge in [0.25, 0.3) is 5.91 Å². The van der Waals surface area contributed by atoms with Gasteiger partial charge in [0.2, 0.25) is 0 Å². The van der Waals surface area contributed by atoms with Crippen LogP contribution in [-0.2, 0) is 6.54 Å². The number of nitrogens with zero attached hydrogens (tertiary/aromatic N) is 2. The van der Waals surface area contributed by atoms with E-state index >= 15 is 0 Å². The van der Waals surface area contributed by atoms with Gasteiger partial charge < -0.3 is 19.5 Å². The highest BCUT2D eigenvalue weighted by Crippen LogP contribution is 2.47. The average molecular weight is 484 g/mol. The number of nitrogens with one attached hydrogen (secondary N) is 1. The molecule has 0 saturated heterocycles. The molecule has 0 aliphatic carbocycles. The highest BCUT2D eigenvalue weighted by molar-refractivity contribution is 6.00. The fraction of sp³-hybridized carbons (Fsp3) is 0.241. The summed E-state index contributed by atoms with van der Waals surface area (Å²) in [6.07, 6.45) is 0. The second-order valence-electron chi connectivity index (χ2n) is 9.27. The van der Waals surface area contributed by atoms with Gasteiger partial charge in [-0.2, -0.15) is 5.10 Å². The number of hydrogen-bond donors (Lipinski definition) is 2. The third-order valence-electron chi connectivity index (χ3n) is 6.76. The molecule has 1 atom stereocenters. The van der Waals surface area contributed by atoms with Crippen molar-refractivity contribution in [3.05, 3.63) is 93.7 Å². The van der Waals surface area contributed by atoms with Gasteiger partial charge in [0.05, 0.1) is 20.3 Å². The molecule has 2 N–H and O–H groups in total. The van der Waals surface area contributed by atoms with Gasteiger partial charge in [-0.3, -0.25) is 9.89 Å². The minimum Gasteiger partial charge on any atom is -0.507 e. The Bertz CT molecular complexity index is 1430. The Morgan fingerprint density at radius 2 is 1.67 bits per heavy atom. The number of rotatable bonds is 6. The van der Waals surface area contributed by atoms with Crippen molar-refractivity contribution in [3.8, 4) is 28.5 Å². The standard InChI is InChI=1S/C29H29N3O4/c1-16-6-8-19(9-7-16)15-32-28(20-10-11-22(35-4)23(14-20)36-5)25-26(30-31-27(25)29(32)34)24-18(3)12-17(2)13-21(24)33/h6-14,28,33H,15H2,1-5H3,(H,30,31). The van der Waals surface area contributed by atoms with Gasteiger partial charge in [-0.15, -0.1) is 0 Å². The van der Waals surface area contributed by atoms with E-state index in [4.69, 9.17) is 9.47 Å². The maximum Gasteiger partial charge on any atom is 0.273 e.